The molecule has 0 saturated carbocycles. The van der Waals surface area contributed by atoms with Gasteiger partial charge in [0.15, 0.2) is 0 Å². The number of benzene rings is 1. The average molecular weight is 381 g/mol. The van der Waals surface area contributed by atoms with Gasteiger partial charge in [0, 0.05) is 0 Å². The number of hydrogen-bond acceptors (Lipinski definition) is 0. The van der Waals surface area contributed by atoms with Crippen LogP contribution in [0.1, 0.15) is 30.9 Å². The molecular weight excluding hydrogens is 366 g/mol. The van der Waals surface area contributed by atoms with Gasteiger partial charge in [-0.3, -0.25) is 0 Å². The van der Waals surface area contributed by atoms with Crippen LogP contribution in [0.4, 0.5) is 0 Å². The molecule has 0 N–H and O–H groups in total. The molecule has 2 aliphatic rings. The zero-order valence-electron chi connectivity index (χ0n) is 11.5. The van der Waals surface area contributed by atoms with Crippen molar-refractivity contribution in [2.75, 3.05) is 0 Å². The summed E-state index contributed by atoms with van der Waals surface area (Å²) in [6.07, 6.45) is 9.18. The van der Waals surface area contributed by atoms with Gasteiger partial charge >= 0.3 is 124 Å². The Hall–Kier alpha value is -0.357. The molecular formula is C17H15Cl2Zr. The van der Waals surface area contributed by atoms with E-state index < -0.39 is 0 Å². The van der Waals surface area contributed by atoms with Crippen LogP contribution in [-0.2, 0) is 24.7 Å². The van der Waals surface area contributed by atoms with Crippen molar-refractivity contribution in [1.82, 2.24) is 0 Å². The first-order valence-electron chi connectivity index (χ1n) is 6.27. The summed E-state index contributed by atoms with van der Waals surface area (Å²) >= 11 is 1.51. The molecule has 20 heavy (non-hydrogen) atoms. The summed E-state index contributed by atoms with van der Waals surface area (Å²) in [4.78, 5) is 0. The number of allylic oxidation sites excluding steroid dienone is 7. The molecule has 1 unspecified atom stereocenters. The molecule has 0 spiro atoms. The van der Waals surface area contributed by atoms with Crippen LogP contribution < -0.4 is 24.8 Å². The van der Waals surface area contributed by atoms with Crippen molar-refractivity contribution in [3.05, 3.63) is 73.6 Å². The molecule has 1 atom stereocenters. The van der Waals surface area contributed by atoms with Crippen molar-refractivity contribution in [3.8, 4) is 0 Å². The summed E-state index contributed by atoms with van der Waals surface area (Å²) in [6, 6.07) is 8.72. The molecule has 3 heteroatoms. The van der Waals surface area contributed by atoms with E-state index in [4.69, 9.17) is 0 Å². The second-order valence-corrected chi connectivity index (χ2v) is 6.27. The summed E-state index contributed by atoms with van der Waals surface area (Å²) in [5.41, 5.74) is 7.18. The van der Waals surface area contributed by atoms with E-state index in [1.165, 1.54) is 55.8 Å². The third kappa shape index (κ3) is 2.96. The zero-order chi connectivity index (χ0) is 12.7. The van der Waals surface area contributed by atoms with Crippen LogP contribution in [0.3, 0.4) is 0 Å². The normalized spacial score (nSPS) is 18.8. The fraction of sp³-hybridized carbons (Fsp3) is 0.176. The van der Waals surface area contributed by atoms with Crippen molar-refractivity contribution in [1.29, 1.82) is 0 Å². The van der Waals surface area contributed by atoms with Gasteiger partial charge in [-0.1, -0.05) is 0 Å². The van der Waals surface area contributed by atoms with E-state index in [1.54, 1.807) is 0 Å². The van der Waals surface area contributed by atoms with E-state index in [0.717, 1.165) is 0 Å². The summed E-state index contributed by atoms with van der Waals surface area (Å²) < 4.78 is 1.52. The smallest absolute Gasteiger partial charge is 1.00 e. The molecule has 1 aromatic rings. The second kappa shape index (κ2) is 7.07. The maximum atomic E-state index is 2.34. The summed E-state index contributed by atoms with van der Waals surface area (Å²) in [5, 5.41) is 0. The fourth-order valence-electron chi connectivity index (χ4n) is 2.69. The van der Waals surface area contributed by atoms with Crippen LogP contribution >= 0.6 is 0 Å². The Bertz CT molecular complexity index is 632. The summed E-state index contributed by atoms with van der Waals surface area (Å²) in [6.45, 7) is 4.40. The van der Waals surface area contributed by atoms with Crippen LogP contribution in [0.25, 0.3) is 6.08 Å². The van der Waals surface area contributed by atoms with E-state index in [1.807, 2.05) is 0 Å². The van der Waals surface area contributed by atoms with E-state index in [9.17, 15) is 0 Å². The number of rotatable bonds is 1. The molecule has 2 aliphatic carbocycles. The van der Waals surface area contributed by atoms with Crippen molar-refractivity contribution < 1.29 is 49.5 Å². The second-order valence-electron chi connectivity index (χ2n) is 5.04. The van der Waals surface area contributed by atoms with Gasteiger partial charge in [0.1, 0.15) is 0 Å². The molecule has 1 aromatic carbocycles. The molecule has 0 fully saturated rings. The molecule has 0 bridgehead atoms. The van der Waals surface area contributed by atoms with Gasteiger partial charge in [-0.15, -0.1) is 0 Å². The van der Waals surface area contributed by atoms with Gasteiger partial charge in [-0.2, -0.15) is 0 Å². The Morgan fingerprint density at radius 2 is 1.70 bits per heavy atom. The van der Waals surface area contributed by atoms with Gasteiger partial charge in [0.2, 0.25) is 0 Å². The Balaban J connectivity index is 0.000001000. The Labute approximate surface area is 148 Å². The molecule has 101 valence electrons. The Kier molecular flexibility index (Phi) is 6.26. The average Bonchev–Trinajstić information content (AvgIpc) is 2.92. The van der Waals surface area contributed by atoms with Crippen LogP contribution in [0.2, 0.25) is 0 Å². The predicted molar refractivity (Wildman–Crippen MR) is 72.8 cm³/mol. The standard InChI is InChI=1S/C17H15.2ClH.Zr/c1-12(2)14-7-8-15(11-14)17-10-9-13-5-3-4-6-16(13)17;;;/h3-10,17H,1-2H3;2*1H;/q;;;+2/p-2. The van der Waals surface area contributed by atoms with E-state index >= 15 is 0 Å². The van der Waals surface area contributed by atoms with Gasteiger partial charge in [0.05, 0.1) is 0 Å². The van der Waals surface area contributed by atoms with E-state index in [-0.39, 0.29) is 24.8 Å². The monoisotopic (exact) mass is 379 g/mol. The molecule has 0 aliphatic heterocycles. The summed E-state index contributed by atoms with van der Waals surface area (Å²) in [7, 11) is 0. The van der Waals surface area contributed by atoms with Crippen LogP contribution in [-0.4, -0.2) is 0 Å². The number of fused-ring (bicyclic) bond motifs is 1. The van der Waals surface area contributed by atoms with Gasteiger partial charge in [0.25, 0.3) is 0 Å². The first kappa shape index (κ1) is 17.7. The van der Waals surface area contributed by atoms with Crippen molar-refractivity contribution in [3.63, 3.8) is 0 Å². The van der Waals surface area contributed by atoms with Crippen molar-refractivity contribution in [2.45, 2.75) is 19.8 Å². The maximum Gasteiger partial charge on any atom is -1.00 e. The molecule has 0 nitrogen and oxygen atoms in total. The number of halogens is 2. The maximum absolute atomic E-state index is 2.34. The number of hydrogen-bond donors (Lipinski definition) is 0. The quantitative estimate of drug-likeness (QED) is 0.556. The first-order valence-corrected chi connectivity index (χ1v) is 7.50. The molecule has 0 heterocycles. The molecule has 0 saturated heterocycles. The van der Waals surface area contributed by atoms with Crippen LogP contribution in [0.15, 0.2) is 62.5 Å². The SMILES string of the molecule is CC(C)=C1C=CC(C2C=Cc3ccccc32)=[C]1[Zr+2].[Cl-].[Cl-]. The van der Waals surface area contributed by atoms with Gasteiger partial charge in [-0.05, 0) is 0 Å². The Morgan fingerprint density at radius 3 is 2.35 bits per heavy atom. The Morgan fingerprint density at radius 1 is 1.00 bits per heavy atom. The largest absolute Gasteiger partial charge is 1.00 e. The minimum Gasteiger partial charge on any atom is -1.00 e. The fourth-order valence-corrected chi connectivity index (χ4v) is 4.10. The predicted octanol–water partition coefficient (Wildman–Crippen LogP) is -1.49. The van der Waals surface area contributed by atoms with Gasteiger partial charge < -0.3 is 24.8 Å². The van der Waals surface area contributed by atoms with Crippen molar-refractivity contribution in [2.24, 2.45) is 0 Å². The molecule has 3 rings (SSSR count). The third-order valence-corrected chi connectivity index (χ3v) is 5.03. The van der Waals surface area contributed by atoms with Crippen LogP contribution in [0.5, 0.6) is 0 Å². The topological polar surface area (TPSA) is 0 Å². The molecule has 0 amide bonds. The molecule has 0 aromatic heterocycles. The zero-order valence-corrected chi connectivity index (χ0v) is 15.4. The van der Waals surface area contributed by atoms with E-state index in [2.05, 4.69) is 62.4 Å². The minimum absolute atomic E-state index is 0. The first-order chi connectivity index (χ1) is 8.68. The van der Waals surface area contributed by atoms with Crippen LogP contribution in [0, 0.1) is 0 Å². The summed E-state index contributed by atoms with van der Waals surface area (Å²) in [5.74, 6) is 0.462. The van der Waals surface area contributed by atoms with E-state index in [0.29, 0.717) is 5.92 Å². The van der Waals surface area contributed by atoms with Crippen molar-refractivity contribution >= 4 is 6.08 Å². The van der Waals surface area contributed by atoms with Gasteiger partial charge in [-0.25, -0.2) is 0 Å². The molecule has 0 radical (unpaired) electrons. The minimum atomic E-state index is 0. The third-order valence-electron chi connectivity index (χ3n) is 3.66.